The summed E-state index contributed by atoms with van der Waals surface area (Å²) in [5.41, 5.74) is 4.34. The first-order chi connectivity index (χ1) is 17.0. The van der Waals surface area contributed by atoms with Crippen LogP contribution in [0.4, 0.5) is 29.2 Å². The lowest BCUT2D eigenvalue weighted by molar-refractivity contribution is -0.137. The van der Waals surface area contributed by atoms with Crippen LogP contribution in [0.15, 0.2) is 6.07 Å². The molecule has 3 aliphatic heterocycles. The van der Waals surface area contributed by atoms with Crippen molar-refractivity contribution in [3.05, 3.63) is 33.9 Å². The molecule has 0 spiro atoms. The third-order valence-electron chi connectivity index (χ3n) is 7.57. The van der Waals surface area contributed by atoms with Gasteiger partial charge in [0.2, 0.25) is 5.88 Å². The minimum Gasteiger partial charge on any atom is -0.472 e. The Morgan fingerprint density at radius 2 is 1.92 bits per heavy atom. The molecule has 12 heteroatoms. The molecule has 0 aromatic carbocycles. The van der Waals surface area contributed by atoms with Crippen LogP contribution in [0.25, 0.3) is 22.0 Å². The molecule has 6 heterocycles. The van der Waals surface area contributed by atoms with Gasteiger partial charge in [0.15, 0.2) is 5.82 Å². The number of nitrogen functional groups attached to an aromatic ring is 1. The minimum atomic E-state index is -4.92. The SMILES string of the molecule is Cc1nc2c3c(nc(-c4cc(N)nc(Cl)c4C(F)(F)F)c(F)c3c1C)O[C@@H](C)[C@@H]1[C@@H]3CC[C@H](CN21)N3. The number of pyridine rings is 3. The molecule has 3 aromatic rings. The van der Waals surface area contributed by atoms with Crippen LogP contribution in [0.1, 0.15) is 36.6 Å². The van der Waals surface area contributed by atoms with Crippen molar-refractivity contribution in [3.8, 4) is 17.1 Å². The van der Waals surface area contributed by atoms with Crippen molar-refractivity contribution in [1.29, 1.82) is 0 Å². The van der Waals surface area contributed by atoms with Gasteiger partial charge in [0.05, 0.1) is 11.4 Å². The predicted molar refractivity (Wildman–Crippen MR) is 128 cm³/mol. The third-order valence-corrected chi connectivity index (χ3v) is 7.84. The van der Waals surface area contributed by atoms with Crippen molar-refractivity contribution in [3.63, 3.8) is 0 Å². The van der Waals surface area contributed by atoms with Crippen LogP contribution in [0, 0.1) is 19.7 Å². The molecule has 2 saturated heterocycles. The van der Waals surface area contributed by atoms with E-state index >= 15 is 4.39 Å². The number of halogens is 5. The Balaban J connectivity index is 1.69. The van der Waals surface area contributed by atoms with Gasteiger partial charge in [-0.15, -0.1) is 0 Å². The van der Waals surface area contributed by atoms with Gasteiger partial charge in [-0.3, -0.25) is 0 Å². The highest BCUT2D eigenvalue weighted by molar-refractivity contribution is 6.30. The standard InChI is InChI=1S/C24H23ClF4N6O/c1-8-9(2)31-22-16-15(8)18(26)19(12-6-14(30)33-21(25)17(12)24(27,28)29)34-23(16)36-10(3)20-13-5-4-11(32-13)7-35(20)22/h6,10-11,13,20,32H,4-5,7H2,1-3H3,(H2,30,33)/t10-,11+,13-,20+/m0/s1. The quantitative estimate of drug-likeness (QED) is 0.351. The molecule has 3 aromatic heterocycles. The fourth-order valence-corrected chi connectivity index (χ4v) is 6.24. The second-order valence-corrected chi connectivity index (χ2v) is 10.1. The topological polar surface area (TPSA) is 89.2 Å². The third kappa shape index (κ3) is 3.32. The van der Waals surface area contributed by atoms with E-state index in [0.29, 0.717) is 29.0 Å². The molecule has 3 aliphatic rings. The zero-order valence-electron chi connectivity index (χ0n) is 19.7. The van der Waals surface area contributed by atoms with Crippen molar-refractivity contribution in [2.24, 2.45) is 0 Å². The van der Waals surface area contributed by atoms with E-state index in [4.69, 9.17) is 27.1 Å². The average Bonchev–Trinajstić information content (AvgIpc) is 3.10. The largest absolute Gasteiger partial charge is 0.472 e. The summed E-state index contributed by atoms with van der Waals surface area (Å²) in [5.74, 6) is -0.633. The summed E-state index contributed by atoms with van der Waals surface area (Å²) < 4.78 is 64.7. The van der Waals surface area contributed by atoms with E-state index < -0.39 is 40.1 Å². The Morgan fingerprint density at radius 3 is 2.64 bits per heavy atom. The van der Waals surface area contributed by atoms with Gasteiger partial charge in [-0.1, -0.05) is 11.6 Å². The summed E-state index contributed by atoms with van der Waals surface area (Å²) in [6, 6.07) is 1.26. The summed E-state index contributed by atoms with van der Waals surface area (Å²) in [6.07, 6.45) is -3.33. The Kier molecular flexibility index (Phi) is 5.08. The number of fused-ring (bicyclic) bond motifs is 5. The van der Waals surface area contributed by atoms with Crippen molar-refractivity contribution in [2.45, 2.75) is 64.0 Å². The van der Waals surface area contributed by atoms with Crippen molar-refractivity contribution in [1.82, 2.24) is 20.3 Å². The summed E-state index contributed by atoms with van der Waals surface area (Å²) in [5, 5.41) is 3.22. The first kappa shape index (κ1) is 23.5. The lowest BCUT2D eigenvalue weighted by atomic mass is 9.98. The molecule has 0 aliphatic carbocycles. The van der Waals surface area contributed by atoms with Crippen LogP contribution in [-0.4, -0.2) is 45.7 Å². The highest BCUT2D eigenvalue weighted by atomic mass is 35.5. The number of nitrogens with two attached hydrogens (primary N) is 1. The van der Waals surface area contributed by atoms with E-state index in [0.717, 1.165) is 18.9 Å². The van der Waals surface area contributed by atoms with Gasteiger partial charge in [-0.05, 0) is 45.2 Å². The second kappa shape index (κ2) is 7.79. The van der Waals surface area contributed by atoms with E-state index in [-0.39, 0.29) is 35.2 Å². The monoisotopic (exact) mass is 522 g/mol. The Labute approximate surface area is 209 Å². The molecule has 0 amide bonds. The van der Waals surface area contributed by atoms with Gasteiger partial charge in [-0.2, -0.15) is 13.2 Å². The van der Waals surface area contributed by atoms with E-state index in [1.54, 1.807) is 13.8 Å². The molecular formula is C24H23ClF4N6O. The zero-order chi connectivity index (χ0) is 25.7. The maximum atomic E-state index is 16.3. The maximum absolute atomic E-state index is 16.3. The van der Waals surface area contributed by atoms with Gasteiger partial charge < -0.3 is 20.7 Å². The fraction of sp³-hybridized carbons (Fsp3) is 0.458. The van der Waals surface area contributed by atoms with E-state index in [2.05, 4.69) is 20.2 Å². The smallest absolute Gasteiger partial charge is 0.420 e. The molecule has 7 nitrogen and oxygen atoms in total. The molecule has 2 bridgehead atoms. The van der Waals surface area contributed by atoms with Gasteiger partial charge in [0, 0.05) is 35.3 Å². The maximum Gasteiger partial charge on any atom is 0.420 e. The number of hydrogen-bond donors (Lipinski definition) is 2. The number of aryl methyl sites for hydroxylation is 2. The van der Waals surface area contributed by atoms with Gasteiger partial charge in [0.25, 0.3) is 0 Å². The average molecular weight is 523 g/mol. The van der Waals surface area contributed by atoms with Crippen molar-refractivity contribution < 1.29 is 22.3 Å². The lowest BCUT2D eigenvalue weighted by Crippen LogP contribution is -2.62. The predicted octanol–water partition coefficient (Wildman–Crippen LogP) is 4.79. The zero-order valence-corrected chi connectivity index (χ0v) is 20.4. The molecule has 6 rings (SSSR count). The second-order valence-electron chi connectivity index (χ2n) is 9.75. The Bertz CT molecular complexity index is 1430. The highest BCUT2D eigenvalue weighted by Gasteiger charge is 2.47. The van der Waals surface area contributed by atoms with E-state index in [1.165, 1.54) is 0 Å². The fourth-order valence-electron chi connectivity index (χ4n) is 5.94. The number of ether oxygens (including phenoxy) is 1. The van der Waals surface area contributed by atoms with Gasteiger partial charge >= 0.3 is 6.18 Å². The van der Waals surface area contributed by atoms with Crippen LogP contribution in [0.2, 0.25) is 5.15 Å². The lowest BCUT2D eigenvalue weighted by Gasteiger charge is -2.43. The number of aromatic nitrogens is 3. The number of alkyl halides is 3. The van der Waals surface area contributed by atoms with Gasteiger partial charge in [0.1, 0.15) is 34.2 Å². The molecule has 190 valence electrons. The van der Waals surface area contributed by atoms with Crippen LogP contribution in [0.3, 0.4) is 0 Å². The van der Waals surface area contributed by atoms with Crippen molar-refractivity contribution in [2.75, 3.05) is 17.2 Å². The van der Waals surface area contributed by atoms with Crippen LogP contribution in [-0.2, 0) is 6.18 Å². The Hall–Kier alpha value is -2.92. The molecule has 4 atom stereocenters. The molecule has 0 radical (unpaired) electrons. The minimum absolute atomic E-state index is 0.0319. The first-order valence-corrected chi connectivity index (χ1v) is 12.1. The summed E-state index contributed by atoms with van der Waals surface area (Å²) in [4.78, 5) is 14.8. The summed E-state index contributed by atoms with van der Waals surface area (Å²) >= 11 is 5.86. The van der Waals surface area contributed by atoms with Gasteiger partial charge in [-0.25, -0.2) is 19.3 Å². The van der Waals surface area contributed by atoms with Crippen molar-refractivity contribution >= 4 is 34.0 Å². The highest BCUT2D eigenvalue weighted by Crippen LogP contribution is 2.48. The summed E-state index contributed by atoms with van der Waals surface area (Å²) in [7, 11) is 0. The van der Waals surface area contributed by atoms with Crippen LogP contribution in [0.5, 0.6) is 5.88 Å². The van der Waals surface area contributed by atoms with Crippen LogP contribution < -0.4 is 20.7 Å². The number of rotatable bonds is 1. The van der Waals surface area contributed by atoms with E-state index in [1.807, 2.05) is 6.92 Å². The summed E-state index contributed by atoms with van der Waals surface area (Å²) in [6.45, 7) is 6.00. The molecule has 0 saturated carbocycles. The molecule has 3 N–H and O–H groups in total. The number of nitrogens with zero attached hydrogens (tertiary/aromatic N) is 4. The first-order valence-electron chi connectivity index (χ1n) is 11.7. The molecular weight excluding hydrogens is 500 g/mol. The normalized spacial score (nSPS) is 25.1. The molecule has 0 unspecified atom stereocenters. The Morgan fingerprint density at radius 1 is 1.17 bits per heavy atom. The molecule has 36 heavy (non-hydrogen) atoms. The van der Waals surface area contributed by atoms with E-state index in [9.17, 15) is 13.2 Å². The number of anilines is 2. The number of hydrogen-bond acceptors (Lipinski definition) is 7. The molecule has 2 fully saturated rings. The number of nitrogens with one attached hydrogen (secondary N) is 1. The number of piperazine rings is 1. The van der Waals surface area contributed by atoms with Crippen LogP contribution >= 0.6 is 11.6 Å².